The van der Waals surface area contributed by atoms with Crippen molar-refractivity contribution in [2.45, 2.75) is 19.8 Å². The molecule has 16 heavy (non-hydrogen) atoms. The molecule has 3 heteroatoms. The summed E-state index contributed by atoms with van der Waals surface area (Å²) in [5.74, 6) is 0.549. The average Bonchev–Trinajstić information content (AvgIpc) is 2.15. The highest BCUT2D eigenvalue weighted by Gasteiger charge is 2.27. The van der Waals surface area contributed by atoms with Crippen molar-refractivity contribution in [1.82, 2.24) is 0 Å². The maximum Gasteiger partial charge on any atom is 0.167 e. The van der Waals surface area contributed by atoms with Crippen LogP contribution in [0, 0.1) is 5.92 Å². The smallest absolute Gasteiger partial charge is 0.167 e. The number of anilines is 1. The predicted molar refractivity (Wildman–Crippen MR) is 64.2 cm³/mol. The van der Waals surface area contributed by atoms with E-state index in [2.05, 4.69) is 6.92 Å². The number of benzene rings is 1. The highest BCUT2D eigenvalue weighted by Crippen LogP contribution is 2.36. The largest absolute Gasteiger partial charge is 0.507 e. The van der Waals surface area contributed by atoms with Crippen LogP contribution in [0.4, 0.5) is 5.69 Å². The second kappa shape index (κ2) is 3.81. The Kier molecular flexibility index (Phi) is 2.62. The van der Waals surface area contributed by atoms with E-state index in [0.717, 1.165) is 17.7 Å². The number of aromatic hydroxyl groups is 1. The standard InChI is InChI=1S/C13H17NO2/c1-8-6-9-10(14(2)3)4-5-11(15)13(9)12(16)7-8/h4-5,8,15H,6-7H2,1-3H3/t8-/m1/s1. The number of phenolic OH excluding ortho intramolecular Hbond substituents is 1. The van der Waals surface area contributed by atoms with Gasteiger partial charge in [-0.3, -0.25) is 4.79 Å². The maximum absolute atomic E-state index is 11.9. The molecule has 0 heterocycles. The molecule has 0 radical (unpaired) electrons. The van der Waals surface area contributed by atoms with Crippen LogP contribution in [-0.2, 0) is 6.42 Å². The van der Waals surface area contributed by atoms with Gasteiger partial charge in [-0.2, -0.15) is 0 Å². The van der Waals surface area contributed by atoms with Crippen molar-refractivity contribution in [2.75, 3.05) is 19.0 Å². The molecule has 1 aliphatic carbocycles. The van der Waals surface area contributed by atoms with Crippen LogP contribution >= 0.6 is 0 Å². The molecule has 1 N–H and O–H groups in total. The van der Waals surface area contributed by atoms with Gasteiger partial charge in [-0.1, -0.05) is 6.92 Å². The summed E-state index contributed by atoms with van der Waals surface area (Å²) < 4.78 is 0. The molecule has 86 valence electrons. The van der Waals surface area contributed by atoms with Crippen molar-refractivity contribution in [2.24, 2.45) is 5.92 Å². The zero-order chi connectivity index (χ0) is 11.9. The summed E-state index contributed by atoms with van der Waals surface area (Å²) in [6, 6.07) is 3.49. The number of carbonyl (C=O) groups is 1. The Morgan fingerprint density at radius 2 is 2.00 bits per heavy atom. The molecule has 0 aliphatic heterocycles. The van der Waals surface area contributed by atoms with E-state index in [1.807, 2.05) is 25.1 Å². The van der Waals surface area contributed by atoms with Crippen molar-refractivity contribution in [3.05, 3.63) is 23.3 Å². The SMILES string of the molecule is C[C@H]1CC(=O)c2c(O)ccc(N(C)C)c2C1. The molecule has 0 amide bonds. The Morgan fingerprint density at radius 3 is 2.62 bits per heavy atom. The zero-order valence-corrected chi connectivity index (χ0v) is 9.95. The zero-order valence-electron chi connectivity index (χ0n) is 9.95. The first-order valence-corrected chi connectivity index (χ1v) is 5.56. The second-order valence-corrected chi connectivity index (χ2v) is 4.79. The van der Waals surface area contributed by atoms with Crippen molar-refractivity contribution in [3.8, 4) is 5.75 Å². The lowest BCUT2D eigenvalue weighted by molar-refractivity contribution is 0.0950. The number of nitrogens with zero attached hydrogens (tertiary/aromatic N) is 1. The quantitative estimate of drug-likeness (QED) is 0.787. The lowest BCUT2D eigenvalue weighted by Crippen LogP contribution is -2.22. The first-order chi connectivity index (χ1) is 7.50. The molecule has 2 rings (SSSR count). The van der Waals surface area contributed by atoms with E-state index in [-0.39, 0.29) is 11.5 Å². The number of rotatable bonds is 1. The third-order valence-electron chi connectivity index (χ3n) is 3.11. The summed E-state index contributed by atoms with van der Waals surface area (Å²) in [6.45, 7) is 2.07. The van der Waals surface area contributed by atoms with Gasteiger partial charge in [-0.05, 0) is 30.0 Å². The molecule has 0 unspecified atom stereocenters. The molecule has 0 bridgehead atoms. The van der Waals surface area contributed by atoms with Crippen LogP contribution in [-0.4, -0.2) is 25.0 Å². The van der Waals surface area contributed by atoms with E-state index < -0.39 is 0 Å². The molecule has 1 atom stereocenters. The summed E-state index contributed by atoms with van der Waals surface area (Å²) in [6.07, 6.45) is 1.40. The Bertz CT molecular complexity index is 438. The van der Waals surface area contributed by atoms with Crippen LogP contribution in [0.1, 0.15) is 29.3 Å². The third-order valence-corrected chi connectivity index (χ3v) is 3.11. The van der Waals surface area contributed by atoms with Gasteiger partial charge >= 0.3 is 0 Å². The van der Waals surface area contributed by atoms with Gasteiger partial charge < -0.3 is 10.0 Å². The number of ketones is 1. The topological polar surface area (TPSA) is 40.5 Å². The number of fused-ring (bicyclic) bond motifs is 1. The van der Waals surface area contributed by atoms with E-state index in [1.165, 1.54) is 0 Å². The molecule has 0 spiro atoms. The van der Waals surface area contributed by atoms with Crippen molar-refractivity contribution in [3.63, 3.8) is 0 Å². The summed E-state index contributed by atoms with van der Waals surface area (Å²) >= 11 is 0. The van der Waals surface area contributed by atoms with Crippen molar-refractivity contribution in [1.29, 1.82) is 0 Å². The minimum atomic E-state index is 0.0648. The minimum Gasteiger partial charge on any atom is -0.507 e. The van der Waals surface area contributed by atoms with Crippen molar-refractivity contribution >= 4 is 11.5 Å². The van der Waals surface area contributed by atoms with Gasteiger partial charge in [0.1, 0.15) is 5.75 Å². The van der Waals surface area contributed by atoms with Gasteiger partial charge in [0.2, 0.25) is 0 Å². The Labute approximate surface area is 95.7 Å². The van der Waals surface area contributed by atoms with Crippen LogP contribution in [0.25, 0.3) is 0 Å². The normalized spacial score (nSPS) is 19.4. The minimum absolute atomic E-state index is 0.0648. The number of hydrogen-bond acceptors (Lipinski definition) is 3. The monoisotopic (exact) mass is 219 g/mol. The summed E-state index contributed by atoms with van der Waals surface area (Å²) in [7, 11) is 3.91. The highest BCUT2D eigenvalue weighted by atomic mass is 16.3. The molecule has 1 aromatic rings. The molecule has 0 saturated heterocycles. The second-order valence-electron chi connectivity index (χ2n) is 4.79. The number of Topliss-reactive ketones (excluding diaryl/α,β-unsaturated/α-hetero) is 1. The number of carbonyl (C=O) groups excluding carboxylic acids is 1. The first-order valence-electron chi connectivity index (χ1n) is 5.56. The molecule has 0 fully saturated rings. The fraction of sp³-hybridized carbons (Fsp3) is 0.462. The van der Waals surface area contributed by atoms with Crippen LogP contribution in [0.5, 0.6) is 5.75 Å². The van der Waals surface area contributed by atoms with Crippen LogP contribution in [0.2, 0.25) is 0 Å². The number of phenols is 1. The third kappa shape index (κ3) is 1.66. The predicted octanol–water partition coefficient (Wildman–Crippen LogP) is 2.22. The van der Waals surface area contributed by atoms with Gasteiger partial charge in [0.25, 0.3) is 0 Å². The van der Waals surface area contributed by atoms with E-state index in [9.17, 15) is 9.90 Å². The fourth-order valence-corrected chi connectivity index (χ4v) is 2.40. The van der Waals surface area contributed by atoms with Gasteiger partial charge in [0.15, 0.2) is 5.78 Å². The van der Waals surface area contributed by atoms with E-state index in [1.54, 1.807) is 6.07 Å². The molecule has 0 aromatic heterocycles. The Hall–Kier alpha value is -1.51. The van der Waals surface area contributed by atoms with E-state index in [0.29, 0.717) is 17.9 Å². The molecular formula is C13H17NO2. The number of hydrogen-bond donors (Lipinski definition) is 1. The highest BCUT2D eigenvalue weighted by molar-refractivity contribution is 6.02. The van der Waals surface area contributed by atoms with Gasteiger partial charge in [0, 0.05) is 26.2 Å². The average molecular weight is 219 g/mol. The Morgan fingerprint density at radius 1 is 1.31 bits per heavy atom. The first kappa shape index (κ1) is 11.0. The molecule has 3 nitrogen and oxygen atoms in total. The van der Waals surface area contributed by atoms with Crippen LogP contribution in [0.15, 0.2) is 12.1 Å². The van der Waals surface area contributed by atoms with Gasteiger partial charge in [-0.15, -0.1) is 0 Å². The van der Waals surface area contributed by atoms with Gasteiger partial charge in [-0.25, -0.2) is 0 Å². The van der Waals surface area contributed by atoms with Crippen molar-refractivity contribution < 1.29 is 9.90 Å². The van der Waals surface area contributed by atoms with E-state index >= 15 is 0 Å². The van der Waals surface area contributed by atoms with Crippen LogP contribution in [0.3, 0.4) is 0 Å². The fourth-order valence-electron chi connectivity index (χ4n) is 2.40. The molecular weight excluding hydrogens is 202 g/mol. The molecule has 1 aromatic carbocycles. The van der Waals surface area contributed by atoms with Gasteiger partial charge in [0.05, 0.1) is 5.56 Å². The Balaban J connectivity index is 2.63. The molecule has 0 saturated carbocycles. The van der Waals surface area contributed by atoms with Crippen LogP contribution < -0.4 is 4.90 Å². The molecule has 1 aliphatic rings. The summed E-state index contributed by atoms with van der Waals surface area (Å²) in [5, 5.41) is 9.78. The lowest BCUT2D eigenvalue weighted by atomic mass is 9.82. The van der Waals surface area contributed by atoms with E-state index in [4.69, 9.17) is 0 Å². The summed E-state index contributed by atoms with van der Waals surface area (Å²) in [5.41, 5.74) is 2.56. The maximum atomic E-state index is 11.9. The lowest BCUT2D eigenvalue weighted by Gasteiger charge is -2.26. The summed E-state index contributed by atoms with van der Waals surface area (Å²) in [4.78, 5) is 13.9.